The van der Waals surface area contributed by atoms with Gasteiger partial charge in [0, 0.05) is 28.8 Å². The van der Waals surface area contributed by atoms with Crippen molar-refractivity contribution in [3.05, 3.63) is 118 Å². The van der Waals surface area contributed by atoms with E-state index in [9.17, 15) is 0 Å². The van der Waals surface area contributed by atoms with Gasteiger partial charge in [0.1, 0.15) is 21.5 Å². The lowest BCUT2D eigenvalue weighted by Crippen LogP contribution is -2.29. The Balaban J connectivity index is 1.21. The Morgan fingerprint density at radius 2 is 0.909 bits per heavy atom. The third-order valence-corrected chi connectivity index (χ3v) is 13.1. The van der Waals surface area contributed by atoms with E-state index in [2.05, 4.69) is 96.8 Å². The Morgan fingerprint density at radius 1 is 0.491 bits per heavy atom. The van der Waals surface area contributed by atoms with Crippen LogP contribution in [-0.2, 0) is 25.7 Å². The smallest absolute Gasteiger partial charge is 0.127 e. The first-order valence-corrected chi connectivity index (χ1v) is 21.5. The van der Waals surface area contributed by atoms with Crippen LogP contribution in [-0.4, -0.2) is 35.6 Å². The number of methoxy groups -OCH3 is 2. The third-order valence-electron chi connectivity index (χ3n) is 12.2. The van der Waals surface area contributed by atoms with Gasteiger partial charge in [0.2, 0.25) is 0 Å². The summed E-state index contributed by atoms with van der Waals surface area (Å²) < 4.78 is 12.3. The fraction of sp³-hybridized carbons (Fsp3) is 0.360. The molecule has 0 amide bonds. The summed E-state index contributed by atoms with van der Waals surface area (Å²) in [5.41, 5.74) is 17.5. The van der Waals surface area contributed by atoms with Crippen molar-refractivity contribution >= 4 is 34.4 Å². The molecule has 1 aliphatic heterocycles. The topological polar surface area (TPSA) is 21.7 Å². The predicted octanol–water partition coefficient (Wildman–Crippen LogP) is 13.2. The minimum Gasteiger partial charge on any atom is -0.496 e. The molecule has 0 saturated carbocycles. The second-order valence-electron chi connectivity index (χ2n) is 15.6. The van der Waals surface area contributed by atoms with Gasteiger partial charge in [-0.15, -0.1) is 0 Å². The lowest BCUT2D eigenvalue weighted by molar-refractivity contribution is 0.416. The number of fused-ring (bicyclic) bond motifs is 10. The average molecular weight is 764 g/mol. The summed E-state index contributed by atoms with van der Waals surface area (Å²) in [5.74, 6) is 1.78. The number of aryl methyl sites for hydroxylation is 2. The minimum absolute atomic E-state index is 0.890. The highest BCUT2D eigenvalue weighted by Crippen LogP contribution is 2.53. The molecule has 0 fully saturated rings. The number of rotatable bonds is 15. The van der Waals surface area contributed by atoms with Crippen LogP contribution in [0.3, 0.4) is 0 Å². The summed E-state index contributed by atoms with van der Waals surface area (Å²) in [4.78, 5) is 4.16. The summed E-state index contributed by atoms with van der Waals surface area (Å²) in [6, 6.07) is 30.6. The number of benzene rings is 5. The molecule has 5 aromatic rings. The van der Waals surface area contributed by atoms with Gasteiger partial charge < -0.3 is 14.4 Å². The SMILES string of the molecule is CCCCCCCCCCCCN1C(=S)c2c3c(c4c(c2C1=S)CCc1cc(-c2ccccc2)c(OC)cc1-4)-c1cc(OC)c(-c2ccccc2)cc1CC3. The number of thiocarbonyl (C=S) groups is 2. The van der Waals surface area contributed by atoms with Gasteiger partial charge in [-0.25, -0.2) is 0 Å². The summed E-state index contributed by atoms with van der Waals surface area (Å²) in [6.07, 6.45) is 16.8. The zero-order valence-electron chi connectivity index (χ0n) is 32.8. The van der Waals surface area contributed by atoms with E-state index in [-0.39, 0.29) is 0 Å². The maximum absolute atomic E-state index is 6.45. The normalized spacial score (nSPS) is 13.9. The van der Waals surface area contributed by atoms with Crippen LogP contribution in [0.15, 0.2) is 84.9 Å². The van der Waals surface area contributed by atoms with Gasteiger partial charge in [-0.1, -0.05) is 150 Å². The van der Waals surface area contributed by atoms with Crippen molar-refractivity contribution in [3.63, 3.8) is 0 Å². The molecule has 282 valence electrons. The molecule has 0 unspecified atom stereocenters. The lowest BCUT2D eigenvalue weighted by Gasteiger charge is -2.32. The fourth-order valence-electron chi connectivity index (χ4n) is 9.41. The van der Waals surface area contributed by atoms with Gasteiger partial charge in [-0.05, 0) is 112 Å². The molecule has 5 aromatic carbocycles. The van der Waals surface area contributed by atoms with Gasteiger partial charge in [-0.3, -0.25) is 0 Å². The van der Waals surface area contributed by atoms with Crippen molar-refractivity contribution in [2.75, 3.05) is 20.8 Å². The van der Waals surface area contributed by atoms with Crippen LogP contribution < -0.4 is 9.47 Å². The highest BCUT2D eigenvalue weighted by Gasteiger charge is 2.40. The highest BCUT2D eigenvalue weighted by molar-refractivity contribution is 7.82. The number of unbranched alkanes of at least 4 members (excludes halogenated alkanes) is 9. The molecule has 0 aromatic heterocycles. The molecule has 8 rings (SSSR count). The average Bonchev–Trinajstić information content (AvgIpc) is 3.48. The molecule has 0 N–H and O–H groups in total. The molecule has 55 heavy (non-hydrogen) atoms. The van der Waals surface area contributed by atoms with Crippen LogP contribution in [0.4, 0.5) is 0 Å². The predicted molar refractivity (Wildman–Crippen MR) is 238 cm³/mol. The Morgan fingerprint density at radius 3 is 1.33 bits per heavy atom. The molecular formula is C50H53NO2S2. The molecule has 0 saturated heterocycles. The lowest BCUT2D eigenvalue weighted by atomic mass is 9.71. The molecule has 0 spiro atoms. The van der Waals surface area contributed by atoms with E-state index in [1.165, 1.54) is 125 Å². The number of nitrogens with zero attached hydrogens (tertiary/aromatic N) is 1. The molecule has 2 aliphatic carbocycles. The second kappa shape index (κ2) is 16.8. The fourth-order valence-corrected chi connectivity index (χ4v) is 10.3. The van der Waals surface area contributed by atoms with E-state index < -0.39 is 0 Å². The summed E-state index contributed by atoms with van der Waals surface area (Å²) in [7, 11) is 3.58. The Kier molecular flexibility index (Phi) is 11.5. The van der Waals surface area contributed by atoms with Crippen LogP contribution in [0.1, 0.15) is 105 Å². The van der Waals surface area contributed by atoms with Crippen LogP contribution in [0.25, 0.3) is 44.5 Å². The maximum atomic E-state index is 6.45. The summed E-state index contributed by atoms with van der Waals surface area (Å²) in [6.45, 7) is 3.18. The third kappa shape index (κ3) is 7.15. The molecule has 1 heterocycles. The monoisotopic (exact) mass is 763 g/mol. The van der Waals surface area contributed by atoms with Crippen molar-refractivity contribution < 1.29 is 9.47 Å². The molecule has 3 nitrogen and oxygen atoms in total. The van der Waals surface area contributed by atoms with Gasteiger partial charge in [0.15, 0.2) is 0 Å². The van der Waals surface area contributed by atoms with Crippen molar-refractivity contribution in [2.45, 2.75) is 96.8 Å². The van der Waals surface area contributed by atoms with Gasteiger partial charge in [-0.2, -0.15) is 0 Å². The van der Waals surface area contributed by atoms with Gasteiger partial charge in [0.05, 0.1) is 14.2 Å². The Hall–Kier alpha value is -4.32. The van der Waals surface area contributed by atoms with Crippen molar-refractivity contribution in [1.29, 1.82) is 0 Å². The van der Waals surface area contributed by atoms with E-state index in [4.69, 9.17) is 33.9 Å². The van der Waals surface area contributed by atoms with Crippen LogP contribution >= 0.6 is 24.4 Å². The molecule has 0 radical (unpaired) electrons. The molecular weight excluding hydrogens is 711 g/mol. The Bertz CT molecular complexity index is 2080. The van der Waals surface area contributed by atoms with Crippen LogP contribution in [0.2, 0.25) is 0 Å². The van der Waals surface area contributed by atoms with Crippen molar-refractivity contribution in [3.8, 4) is 56.0 Å². The molecule has 0 atom stereocenters. The minimum atomic E-state index is 0.890. The Labute approximate surface area is 339 Å². The second-order valence-corrected chi connectivity index (χ2v) is 16.3. The first kappa shape index (κ1) is 37.6. The molecule has 5 heteroatoms. The number of hydrogen-bond donors (Lipinski definition) is 0. The number of hydrogen-bond acceptors (Lipinski definition) is 4. The van der Waals surface area contributed by atoms with Crippen LogP contribution in [0, 0.1) is 0 Å². The standard InChI is InChI=1S/C50H53NO2S2/c1-4-5-6-7-8-9-10-11-12-19-28-51-49(54)47-37-26-24-35-29-39(33-20-15-13-16-21-33)43(52-2)31-41(35)45(37)46-38(48(47)50(51)55)27-25-36-30-40(34-22-17-14-18-23-34)44(53-3)32-42(36)46/h13-18,20-23,29-32H,4-12,19,24-28H2,1-3H3. The molecule has 0 bridgehead atoms. The van der Waals surface area contributed by atoms with E-state index in [1.54, 1.807) is 14.2 Å². The quantitative estimate of drug-likeness (QED) is 0.0780. The maximum Gasteiger partial charge on any atom is 0.127 e. The first-order chi connectivity index (χ1) is 27.0. The van der Waals surface area contributed by atoms with Gasteiger partial charge in [0.25, 0.3) is 0 Å². The zero-order chi connectivity index (χ0) is 37.9. The van der Waals surface area contributed by atoms with E-state index in [1.807, 2.05) is 0 Å². The van der Waals surface area contributed by atoms with E-state index in [0.717, 1.165) is 71.3 Å². The van der Waals surface area contributed by atoms with Crippen molar-refractivity contribution in [1.82, 2.24) is 4.90 Å². The van der Waals surface area contributed by atoms with Crippen LogP contribution in [0.5, 0.6) is 11.5 Å². The van der Waals surface area contributed by atoms with Crippen molar-refractivity contribution in [2.24, 2.45) is 0 Å². The van der Waals surface area contributed by atoms with E-state index >= 15 is 0 Å². The largest absolute Gasteiger partial charge is 0.496 e. The molecule has 3 aliphatic rings. The van der Waals surface area contributed by atoms with Gasteiger partial charge >= 0.3 is 0 Å². The van der Waals surface area contributed by atoms with E-state index in [0.29, 0.717) is 0 Å². The summed E-state index contributed by atoms with van der Waals surface area (Å²) in [5, 5.41) is 0. The highest BCUT2D eigenvalue weighted by atomic mass is 32.1. The first-order valence-electron chi connectivity index (χ1n) is 20.6. The number of ether oxygens (including phenoxy) is 2. The zero-order valence-corrected chi connectivity index (χ0v) is 34.4. The summed E-state index contributed by atoms with van der Waals surface area (Å²) >= 11 is 12.9.